The summed E-state index contributed by atoms with van der Waals surface area (Å²) >= 11 is 5.83. The summed E-state index contributed by atoms with van der Waals surface area (Å²) in [5.74, 6) is -1.12. The molecule has 3 rings (SSSR count). The summed E-state index contributed by atoms with van der Waals surface area (Å²) < 4.78 is 11.2. The van der Waals surface area contributed by atoms with Gasteiger partial charge in [-0.2, -0.15) is 0 Å². The normalized spacial score (nSPS) is 17.3. The SMILES string of the molecule is O=C(NC(C(=O)O)c1ccc(Cl)cc1)c1cccc(OCC2CCCO2)c1. The zero-order chi connectivity index (χ0) is 19.2. The van der Waals surface area contributed by atoms with E-state index >= 15 is 0 Å². The molecule has 2 unspecified atom stereocenters. The van der Waals surface area contributed by atoms with Crippen molar-refractivity contribution in [2.45, 2.75) is 25.0 Å². The summed E-state index contributed by atoms with van der Waals surface area (Å²) in [6, 6.07) is 11.8. The van der Waals surface area contributed by atoms with Gasteiger partial charge in [0.25, 0.3) is 5.91 Å². The largest absolute Gasteiger partial charge is 0.491 e. The molecule has 0 radical (unpaired) electrons. The van der Waals surface area contributed by atoms with Crippen molar-refractivity contribution in [1.29, 1.82) is 0 Å². The van der Waals surface area contributed by atoms with Crippen LogP contribution < -0.4 is 10.1 Å². The van der Waals surface area contributed by atoms with Crippen LogP contribution in [0.4, 0.5) is 0 Å². The average Bonchev–Trinajstić information content (AvgIpc) is 3.19. The number of carboxylic acids is 1. The molecule has 0 bridgehead atoms. The first-order valence-corrected chi connectivity index (χ1v) is 9.04. The van der Waals surface area contributed by atoms with Crippen molar-refractivity contribution >= 4 is 23.5 Å². The Morgan fingerprint density at radius 2 is 2.04 bits per heavy atom. The molecule has 1 aliphatic rings. The Labute approximate surface area is 162 Å². The van der Waals surface area contributed by atoms with Gasteiger partial charge < -0.3 is 19.9 Å². The number of hydrogen-bond acceptors (Lipinski definition) is 4. The van der Waals surface area contributed by atoms with Gasteiger partial charge in [-0.25, -0.2) is 4.79 Å². The number of aliphatic carboxylic acids is 1. The molecule has 0 spiro atoms. The molecule has 27 heavy (non-hydrogen) atoms. The topological polar surface area (TPSA) is 84.9 Å². The van der Waals surface area contributed by atoms with Crippen LogP contribution in [-0.2, 0) is 9.53 Å². The second-order valence-electron chi connectivity index (χ2n) is 6.27. The van der Waals surface area contributed by atoms with E-state index in [-0.39, 0.29) is 6.10 Å². The molecule has 0 aromatic heterocycles. The maximum absolute atomic E-state index is 12.5. The highest BCUT2D eigenvalue weighted by molar-refractivity contribution is 6.30. The maximum Gasteiger partial charge on any atom is 0.330 e. The van der Waals surface area contributed by atoms with E-state index in [0.717, 1.165) is 19.4 Å². The van der Waals surface area contributed by atoms with Crippen LogP contribution in [0.1, 0.15) is 34.8 Å². The Hall–Kier alpha value is -2.57. The number of carboxylic acid groups (broad SMARTS) is 1. The first-order chi connectivity index (χ1) is 13.0. The van der Waals surface area contributed by atoms with Crippen LogP contribution in [0.25, 0.3) is 0 Å². The van der Waals surface area contributed by atoms with Crippen molar-refractivity contribution < 1.29 is 24.2 Å². The van der Waals surface area contributed by atoms with Gasteiger partial charge in [0.2, 0.25) is 0 Å². The van der Waals surface area contributed by atoms with Gasteiger partial charge in [0.15, 0.2) is 6.04 Å². The van der Waals surface area contributed by atoms with Gasteiger partial charge in [0, 0.05) is 17.2 Å². The molecule has 1 fully saturated rings. The molecule has 0 saturated carbocycles. The highest BCUT2D eigenvalue weighted by atomic mass is 35.5. The summed E-state index contributed by atoms with van der Waals surface area (Å²) in [7, 11) is 0. The maximum atomic E-state index is 12.5. The van der Waals surface area contributed by atoms with Crippen molar-refractivity contribution in [1.82, 2.24) is 5.32 Å². The number of carbonyl (C=O) groups excluding carboxylic acids is 1. The second kappa shape index (κ2) is 8.88. The fourth-order valence-corrected chi connectivity index (χ4v) is 2.98. The van der Waals surface area contributed by atoms with Crippen LogP contribution in [0.15, 0.2) is 48.5 Å². The number of rotatable bonds is 7. The van der Waals surface area contributed by atoms with Gasteiger partial charge in [-0.1, -0.05) is 29.8 Å². The first kappa shape index (κ1) is 19.2. The lowest BCUT2D eigenvalue weighted by Crippen LogP contribution is -2.33. The zero-order valence-electron chi connectivity index (χ0n) is 14.6. The number of ether oxygens (including phenoxy) is 2. The first-order valence-electron chi connectivity index (χ1n) is 8.66. The van der Waals surface area contributed by atoms with Crippen LogP contribution >= 0.6 is 11.6 Å². The minimum atomic E-state index is -1.17. The average molecular weight is 390 g/mol. The van der Waals surface area contributed by atoms with Crippen molar-refractivity contribution in [3.05, 3.63) is 64.7 Å². The van der Waals surface area contributed by atoms with Gasteiger partial charge in [-0.15, -0.1) is 0 Å². The molecule has 2 N–H and O–H groups in total. The number of nitrogens with one attached hydrogen (secondary N) is 1. The molecule has 2 atom stereocenters. The molecule has 2 aromatic rings. The van der Waals surface area contributed by atoms with Gasteiger partial charge in [0.05, 0.1) is 6.10 Å². The number of halogens is 1. The molecule has 2 aromatic carbocycles. The minimum absolute atomic E-state index is 0.0729. The Morgan fingerprint density at radius 3 is 2.70 bits per heavy atom. The van der Waals surface area contributed by atoms with E-state index in [4.69, 9.17) is 21.1 Å². The van der Waals surface area contributed by atoms with Gasteiger partial charge in [0.1, 0.15) is 12.4 Å². The summed E-state index contributed by atoms with van der Waals surface area (Å²) in [5, 5.41) is 12.5. The van der Waals surface area contributed by atoms with Gasteiger partial charge in [-0.3, -0.25) is 4.79 Å². The predicted molar refractivity (Wildman–Crippen MR) is 100 cm³/mol. The fraction of sp³-hybridized carbons (Fsp3) is 0.300. The lowest BCUT2D eigenvalue weighted by molar-refractivity contribution is -0.139. The van der Waals surface area contributed by atoms with E-state index in [0.29, 0.717) is 28.5 Å². The molecule has 6 nitrogen and oxygen atoms in total. The number of benzene rings is 2. The molecule has 1 aliphatic heterocycles. The van der Waals surface area contributed by atoms with Crippen molar-refractivity contribution in [3.63, 3.8) is 0 Å². The zero-order valence-corrected chi connectivity index (χ0v) is 15.3. The Morgan fingerprint density at radius 1 is 1.26 bits per heavy atom. The molecule has 142 valence electrons. The number of amides is 1. The van der Waals surface area contributed by atoms with E-state index in [1.54, 1.807) is 48.5 Å². The highest BCUT2D eigenvalue weighted by Crippen LogP contribution is 2.20. The molecule has 1 amide bonds. The van der Waals surface area contributed by atoms with Crippen LogP contribution in [-0.4, -0.2) is 36.3 Å². The Kier molecular flexibility index (Phi) is 6.32. The highest BCUT2D eigenvalue weighted by Gasteiger charge is 2.23. The number of hydrogen-bond donors (Lipinski definition) is 2. The van der Waals surface area contributed by atoms with Crippen molar-refractivity contribution in [2.24, 2.45) is 0 Å². The predicted octanol–water partition coefficient (Wildman–Crippen LogP) is 3.45. The van der Waals surface area contributed by atoms with E-state index in [1.807, 2.05) is 0 Å². The summed E-state index contributed by atoms with van der Waals surface area (Å²) in [6.45, 7) is 1.17. The summed E-state index contributed by atoms with van der Waals surface area (Å²) in [6.07, 6.45) is 2.06. The quantitative estimate of drug-likeness (QED) is 0.757. The van der Waals surface area contributed by atoms with E-state index < -0.39 is 17.9 Å². The van der Waals surface area contributed by atoms with Crippen LogP contribution in [0.3, 0.4) is 0 Å². The Bertz CT molecular complexity index is 802. The Balaban J connectivity index is 1.67. The third-order valence-electron chi connectivity index (χ3n) is 4.28. The third kappa shape index (κ3) is 5.21. The van der Waals surface area contributed by atoms with Crippen molar-refractivity contribution in [3.8, 4) is 5.75 Å². The summed E-state index contributed by atoms with van der Waals surface area (Å²) in [5.41, 5.74) is 0.756. The smallest absolute Gasteiger partial charge is 0.330 e. The van der Waals surface area contributed by atoms with Crippen LogP contribution in [0.5, 0.6) is 5.75 Å². The molecule has 1 saturated heterocycles. The van der Waals surface area contributed by atoms with E-state index in [2.05, 4.69) is 5.32 Å². The fourth-order valence-electron chi connectivity index (χ4n) is 2.85. The van der Waals surface area contributed by atoms with E-state index in [1.165, 1.54) is 0 Å². The second-order valence-corrected chi connectivity index (χ2v) is 6.71. The standard InChI is InChI=1S/C20H20ClNO5/c21-15-8-6-13(7-9-15)18(20(24)25)22-19(23)14-3-1-4-16(11-14)27-12-17-5-2-10-26-17/h1,3-4,6-9,11,17-18H,2,5,10,12H2,(H,22,23)(H,24,25). The monoisotopic (exact) mass is 389 g/mol. The molecule has 1 heterocycles. The lowest BCUT2D eigenvalue weighted by atomic mass is 10.1. The summed E-state index contributed by atoms with van der Waals surface area (Å²) in [4.78, 5) is 24.1. The van der Waals surface area contributed by atoms with Gasteiger partial charge >= 0.3 is 5.97 Å². The van der Waals surface area contributed by atoms with Crippen molar-refractivity contribution in [2.75, 3.05) is 13.2 Å². The minimum Gasteiger partial charge on any atom is -0.491 e. The molecular weight excluding hydrogens is 370 g/mol. The molecule has 7 heteroatoms. The molecular formula is C20H20ClNO5. The number of carbonyl (C=O) groups is 2. The lowest BCUT2D eigenvalue weighted by Gasteiger charge is -2.16. The third-order valence-corrected chi connectivity index (χ3v) is 4.53. The van der Waals surface area contributed by atoms with Crippen LogP contribution in [0.2, 0.25) is 5.02 Å². The van der Waals surface area contributed by atoms with Crippen LogP contribution in [0, 0.1) is 0 Å². The van der Waals surface area contributed by atoms with Gasteiger partial charge in [-0.05, 0) is 48.7 Å². The van der Waals surface area contributed by atoms with E-state index in [9.17, 15) is 14.7 Å². The molecule has 0 aliphatic carbocycles.